The molecule has 0 bridgehead atoms. The SMILES string of the molecule is CCCCN(C(=O)c1sc(-c2ccsc2)nc1C)c1c(N)n(CCCC)c(=O)[nH]c1=O. The lowest BCUT2D eigenvalue weighted by molar-refractivity contribution is 0.0989. The van der Waals surface area contributed by atoms with Gasteiger partial charge in [-0.25, -0.2) is 9.78 Å². The number of hydrogen-bond donors (Lipinski definition) is 2. The lowest BCUT2D eigenvalue weighted by atomic mass is 10.2. The molecule has 3 rings (SSSR count). The maximum absolute atomic E-state index is 13.6. The second kappa shape index (κ2) is 10.1. The molecule has 0 aliphatic rings. The fraction of sp³-hybridized carbons (Fsp3) is 0.429. The van der Waals surface area contributed by atoms with Crippen molar-refractivity contribution >= 4 is 40.1 Å². The van der Waals surface area contributed by atoms with Crippen LogP contribution in [-0.2, 0) is 6.54 Å². The third-order valence-corrected chi connectivity index (χ3v) is 6.84. The molecule has 31 heavy (non-hydrogen) atoms. The van der Waals surface area contributed by atoms with Gasteiger partial charge in [-0.15, -0.1) is 11.3 Å². The molecule has 8 nitrogen and oxygen atoms in total. The number of unbranched alkanes of at least 4 members (excludes halogenated alkanes) is 2. The number of amides is 1. The van der Waals surface area contributed by atoms with Crippen molar-refractivity contribution in [3.63, 3.8) is 0 Å². The average Bonchev–Trinajstić information content (AvgIpc) is 3.39. The smallest absolute Gasteiger partial charge is 0.330 e. The Morgan fingerprint density at radius 3 is 2.65 bits per heavy atom. The number of hydrogen-bond acceptors (Lipinski definition) is 7. The largest absolute Gasteiger partial charge is 0.383 e. The monoisotopic (exact) mass is 461 g/mol. The number of rotatable bonds is 9. The van der Waals surface area contributed by atoms with Crippen molar-refractivity contribution in [1.82, 2.24) is 14.5 Å². The zero-order valence-electron chi connectivity index (χ0n) is 17.9. The van der Waals surface area contributed by atoms with Crippen LogP contribution in [0.3, 0.4) is 0 Å². The standard InChI is InChI=1S/C21H27N5O3S2/c1-4-6-9-25(15-17(22)26(10-7-5-2)21(29)24-18(15)27)20(28)16-13(3)23-19(31-16)14-8-11-30-12-14/h8,11-12H,4-7,9-10,22H2,1-3H3,(H,24,27,29). The van der Waals surface area contributed by atoms with Gasteiger partial charge in [-0.2, -0.15) is 11.3 Å². The Morgan fingerprint density at radius 1 is 1.26 bits per heavy atom. The molecule has 0 unspecified atom stereocenters. The molecule has 0 spiro atoms. The number of aromatic amines is 1. The first kappa shape index (κ1) is 23.0. The maximum Gasteiger partial charge on any atom is 0.330 e. The first-order valence-electron chi connectivity index (χ1n) is 10.3. The molecule has 0 radical (unpaired) electrons. The number of nitrogen functional groups attached to an aromatic ring is 1. The predicted molar refractivity (Wildman–Crippen MR) is 127 cm³/mol. The molecule has 1 amide bonds. The van der Waals surface area contributed by atoms with E-state index in [2.05, 4.69) is 9.97 Å². The molecule has 0 saturated carbocycles. The normalized spacial score (nSPS) is 11.1. The van der Waals surface area contributed by atoms with Gasteiger partial charge >= 0.3 is 5.69 Å². The summed E-state index contributed by atoms with van der Waals surface area (Å²) in [5.74, 6) is -0.310. The summed E-state index contributed by atoms with van der Waals surface area (Å²) in [6.45, 7) is 6.49. The molecule has 3 aromatic rings. The zero-order chi connectivity index (χ0) is 22.5. The number of nitrogens with one attached hydrogen (secondary N) is 1. The Balaban J connectivity index is 2.08. The Bertz CT molecular complexity index is 1160. The van der Waals surface area contributed by atoms with E-state index >= 15 is 0 Å². The predicted octanol–water partition coefficient (Wildman–Crippen LogP) is 3.86. The molecule has 166 valence electrons. The fourth-order valence-electron chi connectivity index (χ4n) is 3.23. The molecule has 0 aliphatic heterocycles. The second-order valence-corrected chi connectivity index (χ2v) is 9.03. The highest BCUT2D eigenvalue weighted by atomic mass is 32.1. The lowest BCUT2D eigenvalue weighted by Crippen LogP contribution is -2.41. The van der Waals surface area contributed by atoms with E-state index in [0.29, 0.717) is 30.1 Å². The Morgan fingerprint density at radius 2 is 2.00 bits per heavy atom. The van der Waals surface area contributed by atoms with E-state index in [1.165, 1.54) is 20.8 Å². The molecule has 0 fully saturated rings. The van der Waals surface area contributed by atoms with Gasteiger partial charge in [0.15, 0.2) is 5.69 Å². The van der Waals surface area contributed by atoms with Gasteiger partial charge in [-0.3, -0.25) is 24.0 Å². The van der Waals surface area contributed by atoms with E-state index < -0.39 is 11.2 Å². The van der Waals surface area contributed by atoms with Crippen LogP contribution in [0.2, 0.25) is 0 Å². The Kier molecular flexibility index (Phi) is 7.45. The summed E-state index contributed by atoms with van der Waals surface area (Å²) in [6.07, 6.45) is 3.12. The quantitative estimate of drug-likeness (QED) is 0.502. The number of aromatic nitrogens is 3. The number of anilines is 2. The molecule has 10 heteroatoms. The molecule has 3 heterocycles. The van der Waals surface area contributed by atoms with Crippen LogP contribution in [0.4, 0.5) is 11.5 Å². The van der Waals surface area contributed by atoms with Crippen LogP contribution in [0.25, 0.3) is 10.6 Å². The van der Waals surface area contributed by atoms with Gasteiger partial charge < -0.3 is 5.73 Å². The van der Waals surface area contributed by atoms with Crippen LogP contribution in [0, 0.1) is 6.92 Å². The topological polar surface area (TPSA) is 114 Å². The minimum absolute atomic E-state index is 0.0203. The minimum Gasteiger partial charge on any atom is -0.383 e. The summed E-state index contributed by atoms with van der Waals surface area (Å²) in [5, 5.41) is 4.70. The van der Waals surface area contributed by atoms with E-state index in [4.69, 9.17) is 5.73 Å². The van der Waals surface area contributed by atoms with Crippen molar-refractivity contribution in [3.8, 4) is 10.6 Å². The van der Waals surface area contributed by atoms with E-state index in [1.54, 1.807) is 18.3 Å². The van der Waals surface area contributed by atoms with Gasteiger partial charge in [-0.1, -0.05) is 26.7 Å². The highest BCUT2D eigenvalue weighted by Gasteiger charge is 2.28. The number of carbonyl (C=O) groups is 1. The maximum atomic E-state index is 13.6. The summed E-state index contributed by atoms with van der Waals surface area (Å²) in [6, 6.07) is 1.96. The van der Waals surface area contributed by atoms with Crippen LogP contribution < -0.4 is 21.9 Å². The summed E-state index contributed by atoms with van der Waals surface area (Å²) in [7, 11) is 0. The molecule has 3 N–H and O–H groups in total. The molecule has 3 aromatic heterocycles. The van der Waals surface area contributed by atoms with Gasteiger partial charge in [0.1, 0.15) is 15.7 Å². The molecule has 0 atom stereocenters. The molecule has 0 aromatic carbocycles. The number of nitrogens with two attached hydrogens (primary N) is 1. The number of thiazole rings is 1. The molecule has 0 saturated heterocycles. The van der Waals surface area contributed by atoms with E-state index in [-0.39, 0.29) is 17.4 Å². The molecular formula is C21H27N5O3S2. The van der Waals surface area contributed by atoms with Crippen LogP contribution in [0.15, 0.2) is 26.4 Å². The van der Waals surface area contributed by atoms with E-state index in [0.717, 1.165) is 29.8 Å². The van der Waals surface area contributed by atoms with Gasteiger partial charge in [0.05, 0.1) is 5.69 Å². The number of thiophene rings is 1. The number of aryl methyl sites for hydroxylation is 1. The fourth-order valence-corrected chi connectivity index (χ4v) is 4.96. The average molecular weight is 462 g/mol. The Labute approximate surface area is 188 Å². The van der Waals surface area contributed by atoms with E-state index in [9.17, 15) is 14.4 Å². The van der Waals surface area contributed by atoms with Crippen molar-refractivity contribution in [2.75, 3.05) is 17.2 Å². The first-order valence-corrected chi connectivity index (χ1v) is 12.1. The number of nitrogens with zero attached hydrogens (tertiary/aromatic N) is 3. The zero-order valence-corrected chi connectivity index (χ0v) is 19.6. The summed E-state index contributed by atoms with van der Waals surface area (Å²) < 4.78 is 1.34. The third kappa shape index (κ3) is 4.80. The summed E-state index contributed by atoms with van der Waals surface area (Å²) in [5.41, 5.74) is 6.65. The van der Waals surface area contributed by atoms with Gasteiger partial charge in [0.2, 0.25) is 0 Å². The summed E-state index contributed by atoms with van der Waals surface area (Å²) >= 11 is 2.86. The lowest BCUT2D eigenvalue weighted by Gasteiger charge is -2.24. The second-order valence-electron chi connectivity index (χ2n) is 7.25. The van der Waals surface area contributed by atoms with Crippen LogP contribution in [-0.4, -0.2) is 27.0 Å². The van der Waals surface area contributed by atoms with Crippen molar-refractivity contribution in [2.24, 2.45) is 0 Å². The Hall–Kier alpha value is -2.72. The van der Waals surface area contributed by atoms with Crippen molar-refractivity contribution in [1.29, 1.82) is 0 Å². The van der Waals surface area contributed by atoms with Crippen molar-refractivity contribution in [3.05, 3.63) is 48.2 Å². The van der Waals surface area contributed by atoms with E-state index in [1.807, 2.05) is 30.7 Å². The first-order chi connectivity index (χ1) is 14.9. The van der Waals surface area contributed by atoms with Crippen LogP contribution in [0.1, 0.15) is 54.9 Å². The summed E-state index contributed by atoms with van der Waals surface area (Å²) in [4.78, 5) is 47.4. The highest BCUT2D eigenvalue weighted by molar-refractivity contribution is 7.17. The van der Waals surface area contributed by atoms with Crippen molar-refractivity contribution in [2.45, 2.75) is 53.0 Å². The van der Waals surface area contributed by atoms with Gasteiger partial charge in [0.25, 0.3) is 11.5 Å². The minimum atomic E-state index is -0.653. The van der Waals surface area contributed by atoms with Crippen LogP contribution in [0.5, 0.6) is 0 Å². The highest BCUT2D eigenvalue weighted by Crippen LogP contribution is 2.31. The molecule has 0 aliphatic carbocycles. The van der Waals surface area contributed by atoms with Gasteiger partial charge in [-0.05, 0) is 31.2 Å². The number of carbonyl (C=O) groups excluding carboxylic acids is 1. The third-order valence-electron chi connectivity index (χ3n) is 4.96. The van der Waals surface area contributed by atoms with Crippen LogP contribution >= 0.6 is 22.7 Å². The van der Waals surface area contributed by atoms with Crippen molar-refractivity contribution < 1.29 is 4.79 Å². The molecular weight excluding hydrogens is 434 g/mol. The van der Waals surface area contributed by atoms with Gasteiger partial charge in [0, 0.05) is 24.0 Å². The number of H-pyrrole nitrogens is 1.